The van der Waals surface area contributed by atoms with E-state index in [0.717, 1.165) is 16.8 Å². The van der Waals surface area contributed by atoms with Crippen molar-refractivity contribution in [2.45, 2.75) is 16.9 Å². The molecule has 1 fully saturated rings. The van der Waals surface area contributed by atoms with E-state index in [-0.39, 0.29) is 0 Å². The summed E-state index contributed by atoms with van der Waals surface area (Å²) in [5.74, 6) is 0. The van der Waals surface area contributed by atoms with Crippen molar-refractivity contribution in [3.8, 4) is 0 Å². The molecule has 1 saturated heterocycles. The van der Waals surface area contributed by atoms with E-state index in [2.05, 4.69) is 60.4 Å². The summed E-state index contributed by atoms with van der Waals surface area (Å²) in [5.41, 5.74) is 3.80. The summed E-state index contributed by atoms with van der Waals surface area (Å²) in [6.45, 7) is 2.07. The second kappa shape index (κ2) is 5.54. The fourth-order valence-corrected chi connectivity index (χ4v) is 4.46. The summed E-state index contributed by atoms with van der Waals surface area (Å²) in [6, 6.07) is 28.7. The van der Waals surface area contributed by atoms with E-state index in [4.69, 9.17) is 23.2 Å². The smallest absolute Gasteiger partial charge is 0.223 e. The van der Waals surface area contributed by atoms with Gasteiger partial charge in [-0.1, -0.05) is 102 Å². The summed E-state index contributed by atoms with van der Waals surface area (Å²) in [4.78, 5) is 2.08. The van der Waals surface area contributed by atoms with Crippen LogP contribution in [-0.4, -0.2) is 4.46 Å². The first kappa shape index (κ1) is 15.6. The highest BCUT2D eigenvalue weighted by molar-refractivity contribution is 6.54. The zero-order chi connectivity index (χ0) is 16.8. The van der Waals surface area contributed by atoms with Crippen LogP contribution in [0.25, 0.3) is 0 Å². The van der Waals surface area contributed by atoms with Crippen LogP contribution in [0, 0.1) is 6.92 Å². The average molecular weight is 354 g/mol. The Kier molecular flexibility index (Phi) is 3.59. The van der Waals surface area contributed by atoms with Crippen LogP contribution in [0.15, 0.2) is 84.9 Å². The van der Waals surface area contributed by atoms with Crippen LogP contribution in [0.3, 0.4) is 0 Å². The van der Waals surface area contributed by atoms with Crippen LogP contribution in [0.5, 0.6) is 0 Å². The fourth-order valence-electron chi connectivity index (χ4n) is 3.49. The zero-order valence-corrected chi connectivity index (χ0v) is 14.8. The number of hydrogen-bond donors (Lipinski definition) is 0. The van der Waals surface area contributed by atoms with Crippen molar-refractivity contribution in [2.75, 3.05) is 4.90 Å². The monoisotopic (exact) mass is 353 g/mol. The molecule has 3 heteroatoms. The Morgan fingerprint density at radius 2 is 1.12 bits per heavy atom. The average Bonchev–Trinajstić information content (AvgIpc) is 3.14. The third-order valence-corrected chi connectivity index (χ3v) is 5.56. The standard InChI is InChI=1S/C21H17Cl2N/c1-16-12-14-19(15-13-16)24-20(21(24,22)23,17-8-4-2-5-9-17)18-10-6-3-7-11-18/h2-15H,1H3. The first-order valence-electron chi connectivity index (χ1n) is 7.94. The van der Waals surface area contributed by atoms with Crippen molar-refractivity contribution in [2.24, 2.45) is 0 Å². The maximum atomic E-state index is 6.86. The Hall–Kier alpha value is -1.96. The van der Waals surface area contributed by atoms with Gasteiger partial charge in [-0.25, -0.2) is 0 Å². The predicted octanol–water partition coefficient (Wildman–Crippen LogP) is 5.89. The summed E-state index contributed by atoms with van der Waals surface area (Å²) in [6.07, 6.45) is 0. The van der Waals surface area contributed by atoms with Gasteiger partial charge in [0.25, 0.3) is 0 Å². The van der Waals surface area contributed by atoms with Crippen LogP contribution in [0.4, 0.5) is 5.69 Å². The Balaban J connectivity index is 1.93. The van der Waals surface area contributed by atoms with Crippen molar-refractivity contribution in [1.29, 1.82) is 0 Å². The number of nitrogens with zero attached hydrogens (tertiary/aromatic N) is 1. The minimum absolute atomic E-state index is 0.589. The van der Waals surface area contributed by atoms with E-state index in [1.54, 1.807) is 0 Å². The summed E-state index contributed by atoms with van der Waals surface area (Å²) in [7, 11) is 0. The van der Waals surface area contributed by atoms with Gasteiger partial charge in [-0.3, -0.25) is 0 Å². The second-order valence-electron chi connectivity index (χ2n) is 6.15. The molecular formula is C21H17Cl2N. The van der Waals surface area contributed by atoms with E-state index in [9.17, 15) is 0 Å². The highest BCUT2D eigenvalue weighted by Gasteiger charge is 2.76. The molecule has 0 amide bonds. The largest absolute Gasteiger partial charge is 0.319 e. The van der Waals surface area contributed by atoms with Crippen LogP contribution < -0.4 is 4.90 Å². The molecular weight excluding hydrogens is 337 g/mol. The molecule has 1 heterocycles. The molecule has 24 heavy (non-hydrogen) atoms. The summed E-state index contributed by atoms with van der Waals surface area (Å²) < 4.78 is -1.04. The Bertz CT molecular complexity index is 803. The SMILES string of the molecule is Cc1ccc(N2C(Cl)(Cl)C2(c2ccccc2)c2ccccc2)cc1. The van der Waals surface area contributed by atoms with Gasteiger partial charge in [0, 0.05) is 5.69 Å². The van der Waals surface area contributed by atoms with Gasteiger partial charge in [0.1, 0.15) is 5.54 Å². The van der Waals surface area contributed by atoms with Crippen LogP contribution >= 0.6 is 23.2 Å². The molecule has 0 N–H and O–H groups in total. The lowest BCUT2D eigenvalue weighted by atomic mass is 9.90. The minimum atomic E-state index is -1.04. The summed E-state index contributed by atoms with van der Waals surface area (Å²) >= 11 is 13.7. The third-order valence-electron chi connectivity index (χ3n) is 4.68. The molecule has 0 aliphatic carbocycles. The number of halogens is 2. The van der Waals surface area contributed by atoms with E-state index in [1.165, 1.54) is 5.56 Å². The Morgan fingerprint density at radius 3 is 1.58 bits per heavy atom. The van der Waals surface area contributed by atoms with Crippen LogP contribution in [0.1, 0.15) is 16.7 Å². The third kappa shape index (κ3) is 2.08. The fraction of sp³-hybridized carbons (Fsp3) is 0.143. The number of alkyl halides is 2. The number of aryl methyl sites for hydroxylation is 1. The molecule has 0 bridgehead atoms. The molecule has 4 rings (SSSR count). The lowest BCUT2D eigenvalue weighted by molar-refractivity contribution is 0.829. The molecule has 3 aromatic rings. The topological polar surface area (TPSA) is 3.01 Å². The van der Waals surface area contributed by atoms with Gasteiger partial charge < -0.3 is 4.90 Å². The molecule has 1 aliphatic rings. The first-order valence-corrected chi connectivity index (χ1v) is 8.70. The van der Waals surface area contributed by atoms with E-state index >= 15 is 0 Å². The van der Waals surface area contributed by atoms with Gasteiger partial charge in [-0.15, -0.1) is 0 Å². The van der Waals surface area contributed by atoms with Crippen LogP contribution in [-0.2, 0) is 5.54 Å². The number of benzene rings is 3. The number of hydrogen-bond acceptors (Lipinski definition) is 1. The summed E-state index contributed by atoms with van der Waals surface area (Å²) in [5, 5.41) is 0. The van der Waals surface area contributed by atoms with E-state index in [0.29, 0.717) is 0 Å². The van der Waals surface area contributed by atoms with Crippen molar-refractivity contribution in [3.05, 3.63) is 102 Å². The lowest BCUT2D eigenvalue weighted by Crippen LogP contribution is -2.19. The van der Waals surface area contributed by atoms with Crippen LogP contribution in [0.2, 0.25) is 0 Å². The molecule has 0 aromatic heterocycles. The molecule has 0 spiro atoms. The molecule has 1 nitrogen and oxygen atoms in total. The van der Waals surface area contributed by atoms with Gasteiger partial charge in [-0.2, -0.15) is 0 Å². The van der Waals surface area contributed by atoms with Crippen molar-refractivity contribution < 1.29 is 0 Å². The minimum Gasteiger partial charge on any atom is -0.319 e. The van der Waals surface area contributed by atoms with Gasteiger partial charge >= 0.3 is 0 Å². The molecule has 3 aromatic carbocycles. The Labute approximate surface area is 152 Å². The van der Waals surface area contributed by atoms with Crippen molar-refractivity contribution in [1.82, 2.24) is 0 Å². The molecule has 0 radical (unpaired) electrons. The Morgan fingerprint density at radius 1 is 0.667 bits per heavy atom. The quantitative estimate of drug-likeness (QED) is 0.322. The molecule has 0 unspecified atom stereocenters. The molecule has 0 saturated carbocycles. The second-order valence-corrected chi connectivity index (χ2v) is 7.44. The zero-order valence-electron chi connectivity index (χ0n) is 13.3. The van der Waals surface area contributed by atoms with Gasteiger partial charge in [0.2, 0.25) is 4.46 Å². The number of anilines is 1. The van der Waals surface area contributed by atoms with Gasteiger partial charge in [0.15, 0.2) is 0 Å². The highest BCUT2D eigenvalue weighted by Crippen LogP contribution is 2.68. The van der Waals surface area contributed by atoms with Crippen molar-refractivity contribution >= 4 is 28.9 Å². The molecule has 120 valence electrons. The first-order chi connectivity index (χ1) is 11.6. The van der Waals surface area contributed by atoms with E-state index < -0.39 is 10.00 Å². The highest BCUT2D eigenvalue weighted by atomic mass is 35.5. The lowest BCUT2D eigenvalue weighted by Gasteiger charge is -2.19. The maximum absolute atomic E-state index is 6.86. The van der Waals surface area contributed by atoms with E-state index in [1.807, 2.05) is 36.4 Å². The predicted molar refractivity (Wildman–Crippen MR) is 102 cm³/mol. The maximum Gasteiger partial charge on any atom is 0.223 e. The number of rotatable bonds is 3. The van der Waals surface area contributed by atoms with Gasteiger partial charge in [-0.05, 0) is 30.2 Å². The molecule has 1 aliphatic heterocycles. The van der Waals surface area contributed by atoms with Crippen molar-refractivity contribution in [3.63, 3.8) is 0 Å². The normalized spacial score (nSPS) is 17.5. The molecule has 0 atom stereocenters. The van der Waals surface area contributed by atoms with Gasteiger partial charge in [0.05, 0.1) is 0 Å².